The minimum Gasteiger partial charge on any atom is -0.465 e. The molecule has 1 aromatic heterocycles. The predicted octanol–water partition coefficient (Wildman–Crippen LogP) is 2.86. The van der Waals surface area contributed by atoms with E-state index in [4.69, 9.17) is 4.42 Å². The van der Waals surface area contributed by atoms with Gasteiger partial charge in [-0.15, -0.1) is 0 Å². The zero-order valence-electron chi connectivity index (χ0n) is 14.7. The van der Waals surface area contributed by atoms with Gasteiger partial charge in [0.1, 0.15) is 11.5 Å². The van der Waals surface area contributed by atoms with Gasteiger partial charge in [-0.2, -0.15) is 0 Å². The molecule has 0 spiro atoms. The van der Waals surface area contributed by atoms with Gasteiger partial charge < -0.3 is 14.6 Å². The first-order chi connectivity index (χ1) is 9.92. The molecule has 0 bridgehead atoms. The van der Waals surface area contributed by atoms with Gasteiger partial charge in [0.25, 0.3) is 0 Å². The van der Waals surface area contributed by atoms with Gasteiger partial charge in [0, 0.05) is 18.2 Å². The van der Waals surface area contributed by atoms with Gasteiger partial charge >= 0.3 is 0 Å². The van der Waals surface area contributed by atoms with Crippen molar-refractivity contribution in [2.45, 2.75) is 53.2 Å². The van der Waals surface area contributed by atoms with Crippen LogP contribution in [0, 0.1) is 6.92 Å². The van der Waals surface area contributed by atoms with Crippen LogP contribution in [-0.2, 0) is 13.1 Å². The number of aryl methyl sites for hydroxylation is 1. The van der Waals surface area contributed by atoms with Crippen LogP contribution < -0.4 is 5.32 Å². The summed E-state index contributed by atoms with van der Waals surface area (Å²) in [5.41, 5.74) is 1.28. The number of nitrogens with zero attached hydrogens (tertiary/aromatic N) is 2. The minimum atomic E-state index is 0.501. The van der Waals surface area contributed by atoms with Crippen LogP contribution in [0.15, 0.2) is 10.5 Å². The van der Waals surface area contributed by atoms with E-state index in [9.17, 15) is 0 Å². The lowest BCUT2D eigenvalue weighted by Gasteiger charge is -2.20. The van der Waals surface area contributed by atoms with Gasteiger partial charge in [0.05, 0.1) is 6.54 Å². The molecule has 1 N–H and O–H groups in total. The molecular weight excluding hydrogens is 262 g/mol. The second-order valence-electron chi connectivity index (χ2n) is 6.36. The molecule has 0 aliphatic rings. The summed E-state index contributed by atoms with van der Waals surface area (Å²) in [6, 6.07) is 2.71. The van der Waals surface area contributed by atoms with Crippen molar-refractivity contribution in [3.63, 3.8) is 0 Å². The monoisotopic (exact) mass is 295 g/mol. The Morgan fingerprint density at radius 2 is 1.95 bits per heavy atom. The predicted molar refractivity (Wildman–Crippen MR) is 89.5 cm³/mol. The maximum Gasteiger partial charge on any atom is 0.118 e. The Hall–Kier alpha value is -0.840. The highest BCUT2D eigenvalue weighted by atomic mass is 16.3. The zero-order chi connectivity index (χ0) is 15.8. The van der Waals surface area contributed by atoms with Crippen LogP contribution in [0.2, 0.25) is 0 Å². The zero-order valence-corrected chi connectivity index (χ0v) is 14.7. The van der Waals surface area contributed by atoms with Crippen LogP contribution >= 0.6 is 0 Å². The van der Waals surface area contributed by atoms with Crippen molar-refractivity contribution in [2.75, 3.05) is 33.7 Å². The molecule has 0 fully saturated rings. The molecule has 0 amide bonds. The van der Waals surface area contributed by atoms with Gasteiger partial charge in [-0.25, -0.2) is 0 Å². The fourth-order valence-corrected chi connectivity index (χ4v) is 2.34. The van der Waals surface area contributed by atoms with Crippen molar-refractivity contribution in [1.29, 1.82) is 0 Å². The quantitative estimate of drug-likeness (QED) is 0.719. The Kier molecular flexibility index (Phi) is 8.01. The Balaban J connectivity index is 2.50. The normalized spacial score (nSPS) is 12.0. The Morgan fingerprint density at radius 3 is 2.52 bits per heavy atom. The maximum atomic E-state index is 5.91. The van der Waals surface area contributed by atoms with Crippen LogP contribution in [0.1, 0.15) is 44.3 Å². The SMILES string of the molecule is CCN(CCCN(C)C)Cc1cc(CNC(C)C)c(C)o1. The minimum absolute atomic E-state index is 0.501. The molecular formula is C17H33N3O. The molecule has 4 nitrogen and oxygen atoms in total. The summed E-state index contributed by atoms with van der Waals surface area (Å²) >= 11 is 0. The number of furan rings is 1. The van der Waals surface area contributed by atoms with E-state index in [0.29, 0.717) is 6.04 Å². The molecule has 4 heteroatoms. The third-order valence-electron chi connectivity index (χ3n) is 3.68. The van der Waals surface area contributed by atoms with Crippen LogP contribution in [0.25, 0.3) is 0 Å². The highest BCUT2D eigenvalue weighted by Gasteiger charge is 2.11. The summed E-state index contributed by atoms with van der Waals surface area (Å²) in [7, 11) is 4.25. The highest BCUT2D eigenvalue weighted by Crippen LogP contribution is 2.16. The average molecular weight is 295 g/mol. The number of hydrogen-bond donors (Lipinski definition) is 1. The van der Waals surface area contributed by atoms with Crippen molar-refractivity contribution in [3.05, 3.63) is 23.2 Å². The molecule has 21 heavy (non-hydrogen) atoms. The van der Waals surface area contributed by atoms with E-state index in [0.717, 1.165) is 44.2 Å². The summed E-state index contributed by atoms with van der Waals surface area (Å²) < 4.78 is 5.91. The fraction of sp³-hybridized carbons (Fsp3) is 0.765. The van der Waals surface area contributed by atoms with Crippen LogP contribution in [0.3, 0.4) is 0 Å². The lowest BCUT2D eigenvalue weighted by atomic mass is 10.2. The van der Waals surface area contributed by atoms with Crippen molar-refractivity contribution >= 4 is 0 Å². The molecule has 0 aliphatic carbocycles. The van der Waals surface area contributed by atoms with Crippen molar-refractivity contribution in [1.82, 2.24) is 15.1 Å². The highest BCUT2D eigenvalue weighted by molar-refractivity contribution is 5.20. The van der Waals surface area contributed by atoms with Gasteiger partial charge in [-0.1, -0.05) is 20.8 Å². The largest absolute Gasteiger partial charge is 0.465 e. The van der Waals surface area contributed by atoms with Crippen LogP contribution in [-0.4, -0.2) is 49.6 Å². The first kappa shape index (κ1) is 18.2. The first-order valence-corrected chi connectivity index (χ1v) is 8.11. The lowest BCUT2D eigenvalue weighted by Crippen LogP contribution is -2.26. The Labute approximate surface area is 130 Å². The standard InChI is InChI=1S/C17H33N3O/c1-7-20(10-8-9-19(5)6)13-17-11-16(15(4)21-17)12-18-14(2)3/h11,14,18H,7-10,12-13H2,1-6H3. The molecule has 1 rings (SSSR count). The second-order valence-corrected chi connectivity index (χ2v) is 6.36. The third-order valence-corrected chi connectivity index (χ3v) is 3.68. The summed E-state index contributed by atoms with van der Waals surface area (Å²) in [4.78, 5) is 4.68. The van der Waals surface area contributed by atoms with Gasteiger partial charge in [-0.05, 0) is 53.1 Å². The Bertz CT molecular complexity index is 399. The van der Waals surface area contributed by atoms with E-state index in [1.165, 1.54) is 12.0 Å². The topological polar surface area (TPSA) is 31.6 Å². The van der Waals surface area contributed by atoms with E-state index in [-0.39, 0.29) is 0 Å². The molecule has 0 unspecified atom stereocenters. The molecule has 122 valence electrons. The third kappa shape index (κ3) is 7.11. The van der Waals surface area contributed by atoms with E-state index in [1.807, 2.05) is 0 Å². The fourth-order valence-electron chi connectivity index (χ4n) is 2.34. The van der Waals surface area contributed by atoms with E-state index < -0.39 is 0 Å². The van der Waals surface area contributed by atoms with Crippen molar-refractivity contribution in [2.24, 2.45) is 0 Å². The van der Waals surface area contributed by atoms with E-state index >= 15 is 0 Å². The molecule has 0 aromatic carbocycles. The number of rotatable bonds is 10. The molecule has 1 heterocycles. The molecule has 1 aromatic rings. The lowest BCUT2D eigenvalue weighted by molar-refractivity contribution is 0.239. The average Bonchev–Trinajstić information content (AvgIpc) is 2.75. The molecule has 0 atom stereocenters. The van der Waals surface area contributed by atoms with E-state index in [1.54, 1.807) is 0 Å². The molecule has 0 saturated carbocycles. The molecule has 0 aliphatic heterocycles. The van der Waals surface area contributed by atoms with E-state index in [2.05, 4.69) is 63.0 Å². The number of nitrogens with one attached hydrogen (secondary N) is 1. The second kappa shape index (κ2) is 9.23. The summed E-state index contributed by atoms with van der Waals surface area (Å²) in [6.45, 7) is 13.7. The molecule has 0 saturated heterocycles. The van der Waals surface area contributed by atoms with Crippen molar-refractivity contribution in [3.8, 4) is 0 Å². The van der Waals surface area contributed by atoms with Crippen molar-refractivity contribution < 1.29 is 4.42 Å². The van der Waals surface area contributed by atoms with Crippen LogP contribution in [0.5, 0.6) is 0 Å². The smallest absolute Gasteiger partial charge is 0.118 e. The number of hydrogen-bond acceptors (Lipinski definition) is 4. The molecule has 0 radical (unpaired) electrons. The summed E-state index contributed by atoms with van der Waals surface area (Å²) in [5.74, 6) is 2.13. The maximum absolute atomic E-state index is 5.91. The van der Waals surface area contributed by atoms with Gasteiger partial charge in [0.2, 0.25) is 0 Å². The summed E-state index contributed by atoms with van der Waals surface area (Å²) in [5, 5.41) is 3.45. The Morgan fingerprint density at radius 1 is 1.24 bits per heavy atom. The van der Waals surface area contributed by atoms with Crippen LogP contribution in [0.4, 0.5) is 0 Å². The van der Waals surface area contributed by atoms with Gasteiger partial charge in [-0.3, -0.25) is 4.90 Å². The first-order valence-electron chi connectivity index (χ1n) is 8.11. The van der Waals surface area contributed by atoms with Gasteiger partial charge in [0.15, 0.2) is 0 Å². The summed E-state index contributed by atoms with van der Waals surface area (Å²) in [6.07, 6.45) is 1.20.